The molecule has 5 heteroatoms. The van der Waals surface area contributed by atoms with E-state index in [9.17, 15) is 9.59 Å². The van der Waals surface area contributed by atoms with Gasteiger partial charge in [-0.2, -0.15) is 0 Å². The number of benzene rings is 1. The molecule has 0 radical (unpaired) electrons. The van der Waals surface area contributed by atoms with E-state index in [1.165, 1.54) is 0 Å². The number of anilines is 1. The summed E-state index contributed by atoms with van der Waals surface area (Å²) in [5.74, 6) is -0.0160. The van der Waals surface area contributed by atoms with Crippen LogP contribution in [0.25, 0.3) is 0 Å². The highest BCUT2D eigenvalue weighted by atomic mass is 16.2. The molecule has 0 spiro atoms. The van der Waals surface area contributed by atoms with Gasteiger partial charge in [0.05, 0.1) is 0 Å². The summed E-state index contributed by atoms with van der Waals surface area (Å²) >= 11 is 0. The molecule has 2 fully saturated rings. The lowest BCUT2D eigenvalue weighted by Gasteiger charge is -2.21. The van der Waals surface area contributed by atoms with Gasteiger partial charge < -0.3 is 15.1 Å². The van der Waals surface area contributed by atoms with Crippen molar-refractivity contribution >= 4 is 17.5 Å². The van der Waals surface area contributed by atoms with Crippen molar-refractivity contribution in [1.82, 2.24) is 10.2 Å². The highest BCUT2D eigenvalue weighted by molar-refractivity contribution is 6.09. The SMILES string of the molecule is CNC[C@@H]1CCN(C(=O)[C@@H]2CCN(c3cc(C)cc(C)c3)C2=O)C1. The topological polar surface area (TPSA) is 52.7 Å². The fraction of sp³-hybridized carbons (Fsp3) is 0.579. The Morgan fingerprint density at radius 3 is 2.54 bits per heavy atom. The number of hydrogen-bond acceptors (Lipinski definition) is 3. The monoisotopic (exact) mass is 329 g/mol. The first-order chi connectivity index (χ1) is 11.5. The van der Waals surface area contributed by atoms with Crippen molar-refractivity contribution in [1.29, 1.82) is 0 Å². The lowest BCUT2D eigenvalue weighted by atomic mass is 10.1. The molecule has 2 aliphatic rings. The number of aryl methyl sites for hydroxylation is 2. The van der Waals surface area contributed by atoms with Gasteiger partial charge in [-0.05, 0) is 69.5 Å². The highest BCUT2D eigenvalue weighted by Gasteiger charge is 2.41. The molecule has 3 rings (SSSR count). The van der Waals surface area contributed by atoms with Gasteiger partial charge in [-0.3, -0.25) is 9.59 Å². The molecule has 0 saturated carbocycles. The highest BCUT2D eigenvalue weighted by Crippen LogP contribution is 2.29. The summed E-state index contributed by atoms with van der Waals surface area (Å²) in [6.45, 7) is 7.17. The molecule has 0 bridgehead atoms. The number of nitrogens with zero attached hydrogens (tertiary/aromatic N) is 2. The second kappa shape index (κ2) is 6.93. The summed E-state index contributed by atoms with van der Waals surface area (Å²) < 4.78 is 0. The van der Waals surface area contributed by atoms with Crippen LogP contribution in [0.2, 0.25) is 0 Å². The molecular weight excluding hydrogens is 302 g/mol. The van der Waals surface area contributed by atoms with Crippen molar-refractivity contribution in [2.24, 2.45) is 11.8 Å². The minimum Gasteiger partial charge on any atom is -0.342 e. The van der Waals surface area contributed by atoms with Crippen LogP contribution >= 0.6 is 0 Å². The Hall–Kier alpha value is -1.88. The molecule has 1 aromatic rings. The van der Waals surface area contributed by atoms with Gasteiger partial charge in [-0.1, -0.05) is 6.07 Å². The van der Waals surface area contributed by atoms with Crippen LogP contribution in [0.5, 0.6) is 0 Å². The molecule has 1 N–H and O–H groups in total. The van der Waals surface area contributed by atoms with Gasteiger partial charge in [0.25, 0.3) is 0 Å². The number of rotatable bonds is 4. The predicted octanol–water partition coefficient (Wildman–Crippen LogP) is 1.72. The minimum atomic E-state index is -0.501. The number of amides is 2. The van der Waals surface area contributed by atoms with Crippen molar-refractivity contribution in [3.63, 3.8) is 0 Å². The van der Waals surface area contributed by atoms with E-state index in [0.29, 0.717) is 18.9 Å². The van der Waals surface area contributed by atoms with Gasteiger partial charge in [0.15, 0.2) is 0 Å². The lowest BCUT2D eigenvalue weighted by molar-refractivity contribution is -0.139. The maximum atomic E-state index is 12.8. The van der Waals surface area contributed by atoms with E-state index >= 15 is 0 Å². The zero-order valence-corrected chi connectivity index (χ0v) is 14.8. The molecule has 2 atom stereocenters. The second-order valence-electron chi connectivity index (χ2n) is 7.17. The Bertz CT molecular complexity index is 623. The van der Waals surface area contributed by atoms with Gasteiger partial charge in [0, 0.05) is 25.3 Å². The van der Waals surface area contributed by atoms with E-state index in [2.05, 4.69) is 11.4 Å². The quantitative estimate of drug-likeness (QED) is 0.856. The minimum absolute atomic E-state index is 0.0190. The Kier molecular flexibility index (Phi) is 4.90. The molecule has 130 valence electrons. The van der Waals surface area contributed by atoms with Gasteiger partial charge in [-0.15, -0.1) is 0 Å². The molecular formula is C19H27N3O2. The van der Waals surface area contributed by atoms with Crippen LogP contribution in [-0.4, -0.2) is 49.9 Å². The Morgan fingerprint density at radius 2 is 1.88 bits per heavy atom. The molecule has 1 aromatic carbocycles. The second-order valence-corrected chi connectivity index (χ2v) is 7.17. The molecule has 2 amide bonds. The molecule has 2 heterocycles. The summed E-state index contributed by atoms with van der Waals surface area (Å²) in [5.41, 5.74) is 3.20. The molecule has 24 heavy (non-hydrogen) atoms. The largest absolute Gasteiger partial charge is 0.342 e. The average Bonchev–Trinajstić information content (AvgIpc) is 3.13. The Morgan fingerprint density at radius 1 is 1.17 bits per heavy atom. The van der Waals surface area contributed by atoms with Crippen molar-refractivity contribution < 1.29 is 9.59 Å². The summed E-state index contributed by atoms with van der Waals surface area (Å²) in [6.07, 6.45) is 1.64. The molecule has 0 aromatic heterocycles. The van der Waals surface area contributed by atoms with Crippen LogP contribution in [0.3, 0.4) is 0 Å². The standard InChI is InChI=1S/C19H27N3O2/c1-13-8-14(2)10-16(9-13)22-7-5-17(19(22)24)18(23)21-6-4-15(12-21)11-20-3/h8-10,15,17,20H,4-7,11-12H2,1-3H3/t15-,17-/m0/s1. The van der Waals surface area contributed by atoms with E-state index in [4.69, 9.17) is 0 Å². The molecule has 0 aliphatic carbocycles. The zero-order chi connectivity index (χ0) is 17.3. The molecule has 2 saturated heterocycles. The van der Waals surface area contributed by atoms with Crippen LogP contribution < -0.4 is 10.2 Å². The third kappa shape index (κ3) is 3.31. The Balaban J connectivity index is 1.69. The summed E-state index contributed by atoms with van der Waals surface area (Å²) in [7, 11) is 1.94. The van der Waals surface area contributed by atoms with E-state index < -0.39 is 5.92 Å². The van der Waals surface area contributed by atoms with Crippen LogP contribution in [0.4, 0.5) is 5.69 Å². The summed E-state index contributed by atoms with van der Waals surface area (Å²) in [4.78, 5) is 29.2. The van der Waals surface area contributed by atoms with E-state index in [-0.39, 0.29) is 11.8 Å². The van der Waals surface area contributed by atoms with E-state index in [0.717, 1.165) is 42.9 Å². The third-order valence-electron chi connectivity index (χ3n) is 5.11. The number of likely N-dealkylation sites (tertiary alicyclic amines) is 1. The smallest absolute Gasteiger partial charge is 0.239 e. The van der Waals surface area contributed by atoms with Crippen LogP contribution in [0.1, 0.15) is 24.0 Å². The van der Waals surface area contributed by atoms with Crippen LogP contribution in [-0.2, 0) is 9.59 Å². The van der Waals surface area contributed by atoms with Crippen LogP contribution in [0, 0.1) is 25.7 Å². The predicted molar refractivity (Wildman–Crippen MR) is 95.0 cm³/mol. The third-order valence-corrected chi connectivity index (χ3v) is 5.11. The molecule has 5 nitrogen and oxygen atoms in total. The van der Waals surface area contributed by atoms with E-state index in [1.54, 1.807) is 4.90 Å². The zero-order valence-electron chi connectivity index (χ0n) is 14.8. The summed E-state index contributed by atoms with van der Waals surface area (Å²) in [5, 5.41) is 3.17. The number of hydrogen-bond donors (Lipinski definition) is 1. The van der Waals surface area contributed by atoms with Gasteiger partial charge in [0.2, 0.25) is 11.8 Å². The first-order valence-corrected chi connectivity index (χ1v) is 8.82. The van der Waals surface area contributed by atoms with Crippen LogP contribution in [0.15, 0.2) is 18.2 Å². The van der Waals surface area contributed by atoms with Crippen molar-refractivity contribution in [3.8, 4) is 0 Å². The first kappa shape index (κ1) is 17.0. The number of carbonyl (C=O) groups is 2. The normalized spacial score (nSPS) is 24.0. The maximum Gasteiger partial charge on any atom is 0.239 e. The lowest BCUT2D eigenvalue weighted by Crippen LogP contribution is -2.39. The number of carbonyl (C=O) groups excluding carboxylic acids is 2. The van der Waals surface area contributed by atoms with Crippen molar-refractivity contribution in [2.75, 3.05) is 38.1 Å². The Labute approximate surface area is 144 Å². The summed E-state index contributed by atoms with van der Waals surface area (Å²) in [6, 6.07) is 6.14. The van der Waals surface area contributed by atoms with Crippen molar-refractivity contribution in [2.45, 2.75) is 26.7 Å². The van der Waals surface area contributed by atoms with Gasteiger partial charge in [-0.25, -0.2) is 0 Å². The molecule has 0 unspecified atom stereocenters. The average molecular weight is 329 g/mol. The van der Waals surface area contributed by atoms with Gasteiger partial charge in [0.1, 0.15) is 5.92 Å². The molecule has 2 aliphatic heterocycles. The first-order valence-electron chi connectivity index (χ1n) is 8.82. The maximum absolute atomic E-state index is 12.8. The number of nitrogens with one attached hydrogen (secondary N) is 1. The fourth-order valence-electron chi connectivity index (χ4n) is 3.98. The van der Waals surface area contributed by atoms with E-state index in [1.807, 2.05) is 37.9 Å². The van der Waals surface area contributed by atoms with Gasteiger partial charge >= 0.3 is 0 Å². The fourth-order valence-corrected chi connectivity index (χ4v) is 3.98. The van der Waals surface area contributed by atoms with Crippen molar-refractivity contribution in [3.05, 3.63) is 29.3 Å².